The second kappa shape index (κ2) is 8.46. The first-order valence-corrected chi connectivity index (χ1v) is 10.6. The lowest BCUT2D eigenvalue weighted by atomic mass is 10.2. The molecule has 1 amide bonds. The Kier molecular flexibility index (Phi) is 5.80. The smallest absolute Gasteiger partial charge is 0.270 e. The van der Waals surface area contributed by atoms with Crippen molar-refractivity contribution in [2.24, 2.45) is 0 Å². The monoisotopic (exact) mass is 406 g/mol. The average molecular weight is 407 g/mol. The summed E-state index contributed by atoms with van der Waals surface area (Å²) in [5, 5.41) is 6.44. The second-order valence-corrected chi connectivity index (χ2v) is 8.08. The molecule has 2 aliphatic rings. The van der Waals surface area contributed by atoms with Gasteiger partial charge in [-0.1, -0.05) is 11.6 Å². The Balaban J connectivity index is 1.30. The lowest BCUT2D eigenvalue weighted by Crippen LogP contribution is -2.46. The fourth-order valence-corrected chi connectivity index (χ4v) is 4.41. The van der Waals surface area contributed by atoms with Crippen molar-refractivity contribution in [1.82, 2.24) is 10.3 Å². The van der Waals surface area contributed by atoms with Gasteiger partial charge in [0.2, 0.25) is 0 Å². The fraction of sp³-hybridized carbons (Fsp3) is 0.474. The highest BCUT2D eigenvalue weighted by Crippen LogP contribution is 2.24. The molecule has 1 atom stereocenters. The average Bonchev–Trinajstić information content (AvgIpc) is 3.39. The van der Waals surface area contributed by atoms with Gasteiger partial charge in [-0.3, -0.25) is 4.79 Å². The molecule has 1 unspecified atom stereocenters. The Morgan fingerprint density at radius 2 is 1.96 bits per heavy atom. The lowest BCUT2D eigenvalue weighted by molar-refractivity contribution is 0.0854. The van der Waals surface area contributed by atoms with E-state index < -0.39 is 0 Å². The topological polar surface area (TPSA) is 57.7 Å². The number of nitrogens with one attached hydrogen (secondary N) is 1. The molecule has 27 heavy (non-hydrogen) atoms. The first-order chi connectivity index (χ1) is 13.2. The number of aromatic nitrogens is 1. The van der Waals surface area contributed by atoms with Crippen molar-refractivity contribution in [2.75, 3.05) is 49.1 Å². The maximum Gasteiger partial charge on any atom is 0.270 e. The van der Waals surface area contributed by atoms with Crippen molar-refractivity contribution >= 4 is 39.7 Å². The number of piperazine rings is 1. The minimum Gasteiger partial charge on any atom is -0.376 e. The summed E-state index contributed by atoms with van der Waals surface area (Å²) >= 11 is 7.50. The Morgan fingerprint density at radius 3 is 2.67 bits per heavy atom. The molecule has 6 nitrogen and oxygen atoms in total. The first kappa shape index (κ1) is 18.5. The first-order valence-electron chi connectivity index (χ1n) is 9.30. The third-order valence-electron chi connectivity index (χ3n) is 4.98. The SMILES string of the molecule is O=C(NCC1CCCO1)c1csc(N2CCN(c3ccc(Cl)cc3)CC2)n1. The van der Waals surface area contributed by atoms with Gasteiger partial charge in [0, 0.05) is 55.4 Å². The molecule has 1 aromatic heterocycles. The van der Waals surface area contributed by atoms with E-state index >= 15 is 0 Å². The number of halogens is 1. The highest BCUT2D eigenvalue weighted by atomic mass is 35.5. The van der Waals surface area contributed by atoms with Crippen LogP contribution in [0.3, 0.4) is 0 Å². The van der Waals surface area contributed by atoms with Crippen molar-refractivity contribution in [3.63, 3.8) is 0 Å². The summed E-state index contributed by atoms with van der Waals surface area (Å²) in [6, 6.07) is 7.95. The normalized spacial score (nSPS) is 20.1. The zero-order valence-electron chi connectivity index (χ0n) is 15.1. The van der Waals surface area contributed by atoms with E-state index in [1.165, 1.54) is 17.0 Å². The highest BCUT2D eigenvalue weighted by molar-refractivity contribution is 7.13. The molecule has 0 spiro atoms. The molecule has 2 fully saturated rings. The number of rotatable bonds is 5. The molecular weight excluding hydrogens is 384 g/mol. The number of hydrogen-bond acceptors (Lipinski definition) is 6. The number of hydrogen-bond donors (Lipinski definition) is 1. The van der Waals surface area contributed by atoms with Crippen LogP contribution in [0, 0.1) is 0 Å². The van der Waals surface area contributed by atoms with Gasteiger partial charge in [-0.15, -0.1) is 11.3 Å². The van der Waals surface area contributed by atoms with Crippen molar-refractivity contribution in [1.29, 1.82) is 0 Å². The second-order valence-electron chi connectivity index (χ2n) is 6.81. The number of benzene rings is 1. The minimum atomic E-state index is -0.118. The van der Waals surface area contributed by atoms with Crippen molar-refractivity contribution < 1.29 is 9.53 Å². The molecule has 0 radical (unpaired) electrons. The molecule has 2 aromatic rings. The molecule has 1 aromatic carbocycles. The number of thiazole rings is 1. The van der Waals surface area contributed by atoms with E-state index in [9.17, 15) is 4.79 Å². The van der Waals surface area contributed by atoms with Gasteiger partial charge in [0.25, 0.3) is 5.91 Å². The van der Waals surface area contributed by atoms with E-state index in [0.717, 1.165) is 55.8 Å². The van der Waals surface area contributed by atoms with Gasteiger partial charge in [-0.2, -0.15) is 0 Å². The summed E-state index contributed by atoms with van der Waals surface area (Å²) in [7, 11) is 0. The predicted molar refractivity (Wildman–Crippen MR) is 109 cm³/mol. The molecule has 0 bridgehead atoms. The van der Waals surface area contributed by atoms with Gasteiger partial charge in [0.1, 0.15) is 5.69 Å². The molecule has 0 aliphatic carbocycles. The summed E-state index contributed by atoms with van der Waals surface area (Å²) in [6.45, 7) is 4.96. The number of ether oxygens (including phenoxy) is 1. The number of carbonyl (C=O) groups excluding carboxylic acids is 1. The van der Waals surface area contributed by atoms with Crippen molar-refractivity contribution in [3.05, 3.63) is 40.4 Å². The zero-order chi connectivity index (χ0) is 18.6. The zero-order valence-corrected chi connectivity index (χ0v) is 16.6. The van der Waals surface area contributed by atoms with Crippen LogP contribution < -0.4 is 15.1 Å². The van der Waals surface area contributed by atoms with Gasteiger partial charge in [0.15, 0.2) is 5.13 Å². The standard InChI is InChI=1S/C19H23ClN4O2S/c20-14-3-5-15(6-4-14)23-7-9-24(10-8-23)19-22-17(13-27-19)18(25)21-12-16-2-1-11-26-16/h3-6,13,16H,1-2,7-12H2,(H,21,25). The molecule has 0 saturated carbocycles. The Labute approximate surface area is 168 Å². The number of amides is 1. The predicted octanol–water partition coefficient (Wildman–Crippen LogP) is 3.03. The third-order valence-corrected chi connectivity index (χ3v) is 6.13. The van der Waals surface area contributed by atoms with Gasteiger partial charge in [-0.05, 0) is 37.1 Å². The van der Waals surface area contributed by atoms with E-state index in [2.05, 4.69) is 32.2 Å². The maximum absolute atomic E-state index is 12.3. The Bertz CT molecular complexity index is 768. The molecule has 8 heteroatoms. The largest absolute Gasteiger partial charge is 0.376 e. The van der Waals surface area contributed by atoms with Crippen LogP contribution in [0.4, 0.5) is 10.8 Å². The van der Waals surface area contributed by atoms with Crippen LogP contribution in [0.15, 0.2) is 29.6 Å². The number of carbonyl (C=O) groups is 1. The van der Waals surface area contributed by atoms with E-state index in [4.69, 9.17) is 16.3 Å². The summed E-state index contributed by atoms with van der Waals surface area (Å²) in [6.07, 6.45) is 2.23. The Hall–Kier alpha value is -1.83. The van der Waals surface area contributed by atoms with E-state index in [1.54, 1.807) is 0 Å². The van der Waals surface area contributed by atoms with Crippen LogP contribution in [0.5, 0.6) is 0 Å². The molecule has 2 saturated heterocycles. The summed E-state index contributed by atoms with van der Waals surface area (Å²) < 4.78 is 5.54. The van der Waals surface area contributed by atoms with Gasteiger partial charge >= 0.3 is 0 Å². The molecule has 3 heterocycles. The number of anilines is 2. The van der Waals surface area contributed by atoms with Crippen LogP contribution in [0.1, 0.15) is 23.3 Å². The molecule has 144 valence electrons. The third kappa shape index (κ3) is 4.54. The lowest BCUT2D eigenvalue weighted by Gasteiger charge is -2.36. The molecule has 2 aliphatic heterocycles. The van der Waals surface area contributed by atoms with Crippen molar-refractivity contribution in [2.45, 2.75) is 18.9 Å². The summed E-state index contributed by atoms with van der Waals surface area (Å²) in [5.74, 6) is -0.118. The summed E-state index contributed by atoms with van der Waals surface area (Å²) in [5.41, 5.74) is 1.68. The van der Waals surface area contributed by atoms with Crippen LogP contribution in [0.25, 0.3) is 0 Å². The Morgan fingerprint density at radius 1 is 1.22 bits per heavy atom. The van der Waals surface area contributed by atoms with Crippen LogP contribution in [-0.4, -0.2) is 56.3 Å². The van der Waals surface area contributed by atoms with E-state index in [-0.39, 0.29) is 12.0 Å². The summed E-state index contributed by atoms with van der Waals surface area (Å²) in [4.78, 5) is 21.4. The van der Waals surface area contributed by atoms with Gasteiger partial charge in [0.05, 0.1) is 6.10 Å². The van der Waals surface area contributed by atoms with E-state index in [1.807, 2.05) is 17.5 Å². The van der Waals surface area contributed by atoms with Crippen LogP contribution in [-0.2, 0) is 4.74 Å². The maximum atomic E-state index is 12.3. The van der Waals surface area contributed by atoms with Crippen LogP contribution >= 0.6 is 22.9 Å². The molecular formula is C19H23ClN4O2S. The van der Waals surface area contributed by atoms with Gasteiger partial charge in [-0.25, -0.2) is 4.98 Å². The van der Waals surface area contributed by atoms with Crippen LogP contribution in [0.2, 0.25) is 5.02 Å². The van der Waals surface area contributed by atoms with Gasteiger partial charge < -0.3 is 19.9 Å². The molecule has 4 rings (SSSR count). The quantitative estimate of drug-likeness (QED) is 0.827. The highest BCUT2D eigenvalue weighted by Gasteiger charge is 2.22. The minimum absolute atomic E-state index is 0.118. The number of nitrogens with zero attached hydrogens (tertiary/aromatic N) is 3. The molecule has 1 N–H and O–H groups in total. The fourth-order valence-electron chi connectivity index (χ4n) is 3.42. The van der Waals surface area contributed by atoms with Crippen molar-refractivity contribution in [3.8, 4) is 0 Å². The van der Waals surface area contributed by atoms with E-state index in [0.29, 0.717) is 12.2 Å².